The van der Waals surface area contributed by atoms with Crippen molar-refractivity contribution in [2.45, 2.75) is 46.0 Å². The number of hydrogen-bond donors (Lipinski definition) is 2. The summed E-state index contributed by atoms with van der Waals surface area (Å²) in [5, 5.41) is 5.64. The highest BCUT2D eigenvalue weighted by Crippen LogP contribution is 2.31. The number of benzene rings is 3. The second kappa shape index (κ2) is 11.4. The predicted octanol–water partition coefficient (Wildman–Crippen LogP) is 6.84. The number of carbonyl (C=O) groups excluding carboxylic acids is 3. The van der Waals surface area contributed by atoms with Crippen LogP contribution in [-0.2, 0) is 16.0 Å². The molecule has 3 aromatic rings. The fourth-order valence-corrected chi connectivity index (χ4v) is 4.29. The highest BCUT2D eigenvalue weighted by Gasteiger charge is 2.39. The second-order valence-corrected chi connectivity index (χ2v) is 9.72. The van der Waals surface area contributed by atoms with E-state index in [-0.39, 0.29) is 16.6 Å². The van der Waals surface area contributed by atoms with E-state index in [0.717, 1.165) is 29.7 Å². The topological polar surface area (TPSA) is 78.5 Å². The molecule has 0 spiro atoms. The van der Waals surface area contributed by atoms with Crippen LogP contribution in [0.1, 0.15) is 61.0 Å². The van der Waals surface area contributed by atoms with Crippen LogP contribution >= 0.6 is 11.6 Å². The molecule has 0 atom stereocenters. The molecule has 4 rings (SSSR count). The number of aryl methyl sites for hydroxylation is 1. The molecular formula is C30H30ClN3O3. The summed E-state index contributed by atoms with van der Waals surface area (Å²) in [5.41, 5.74) is 4.32. The predicted molar refractivity (Wildman–Crippen MR) is 149 cm³/mol. The maximum atomic E-state index is 13.1. The first-order chi connectivity index (χ1) is 17.8. The summed E-state index contributed by atoms with van der Waals surface area (Å²) in [5.74, 6) is -1.11. The molecular weight excluding hydrogens is 486 g/mol. The molecule has 3 aromatic carbocycles. The van der Waals surface area contributed by atoms with E-state index in [2.05, 4.69) is 31.4 Å². The largest absolute Gasteiger partial charge is 0.350 e. The fourth-order valence-electron chi connectivity index (χ4n) is 4.08. The third-order valence-corrected chi connectivity index (χ3v) is 6.62. The summed E-state index contributed by atoms with van der Waals surface area (Å²) in [6, 6.07) is 21.8. The van der Waals surface area contributed by atoms with Crippen molar-refractivity contribution in [3.8, 4) is 0 Å². The number of hydrogen-bond acceptors (Lipinski definition) is 4. The van der Waals surface area contributed by atoms with E-state index in [9.17, 15) is 14.4 Å². The van der Waals surface area contributed by atoms with Gasteiger partial charge < -0.3 is 10.6 Å². The lowest BCUT2D eigenvalue weighted by molar-refractivity contribution is -0.120. The van der Waals surface area contributed by atoms with Crippen LogP contribution < -0.4 is 15.5 Å². The SMILES string of the molecule is CCCCc1ccc(NC(=O)c2cccc(NC3=C(Cl)C(=O)N(c4ccc(C(C)C)cc4)C3=O)c2)cc1. The zero-order chi connectivity index (χ0) is 26.5. The van der Waals surface area contributed by atoms with E-state index < -0.39 is 11.8 Å². The minimum Gasteiger partial charge on any atom is -0.350 e. The zero-order valence-electron chi connectivity index (χ0n) is 21.2. The number of anilines is 3. The Kier molecular flexibility index (Phi) is 8.09. The average molecular weight is 516 g/mol. The van der Waals surface area contributed by atoms with E-state index in [4.69, 9.17) is 11.6 Å². The van der Waals surface area contributed by atoms with Crippen LogP contribution in [0.3, 0.4) is 0 Å². The zero-order valence-corrected chi connectivity index (χ0v) is 21.9. The number of nitrogens with one attached hydrogen (secondary N) is 2. The van der Waals surface area contributed by atoms with Gasteiger partial charge in [0.2, 0.25) is 0 Å². The van der Waals surface area contributed by atoms with Gasteiger partial charge in [0, 0.05) is 16.9 Å². The number of amides is 3. The van der Waals surface area contributed by atoms with Crippen molar-refractivity contribution >= 4 is 46.4 Å². The number of rotatable bonds is 9. The van der Waals surface area contributed by atoms with Gasteiger partial charge in [0.15, 0.2) is 0 Å². The number of carbonyl (C=O) groups is 3. The van der Waals surface area contributed by atoms with Crippen LogP contribution in [0.2, 0.25) is 0 Å². The van der Waals surface area contributed by atoms with Crippen molar-refractivity contribution in [3.05, 3.63) is 100 Å². The average Bonchev–Trinajstić information content (AvgIpc) is 3.11. The molecule has 2 N–H and O–H groups in total. The first-order valence-corrected chi connectivity index (χ1v) is 12.8. The molecule has 0 aromatic heterocycles. The monoisotopic (exact) mass is 515 g/mol. The summed E-state index contributed by atoms with van der Waals surface area (Å²) in [6.07, 6.45) is 3.27. The summed E-state index contributed by atoms with van der Waals surface area (Å²) in [4.78, 5) is 39.8. The standard InChI is InChI=1S/C30H30ClN3O3/c1-4-5-7-20-10-14-23(15-11-20)33-28(35)22-8-6-9-24(18-22)32-27-26(31)29(36)34(30(27)37)25-16-12-21(13-17-25)19(2)3/h6,8-19,32H,4-5,7H2,1-3H3,(H,33,35). The van der Waals surface area contributed by atoms with E-state index >= 15 is 0 Å². The minimum absolute atomic E-state index is 0.0279. The molecule has 1 aliphatic rings. The quantitative estimate of drug-likeness (QED) is 0.306. The molecule has 0 bridgehead atoms. The Labute approximate surface area is 222 Å². The first-order valence-electron chi connectivity index (χ1n) is 12.4. The van der Waals surface area contributed by atoms with Gasteiger partial charge in [0.25, 0.3) is 17.7 Å². The maximum absolute atomic E-state index is 13.1. The second-order valence-electron chi connectivity index (χ2n) is 9.34. The molecule has 0 fully saturated rings. The van der Waals surface area contributed by atoms with Crippen LogP contribution in [0.4, 0.5) is 17.1 Å². The molecule has 1 heterocycles. The molecule has 0 saturated carbocycles. The lowest BCUT2D eigenvalue weighted by Gasteiger charge is -2.16. The Morgan fingerprint density at radius 2 is 1.62 bits per heavy atom. The van der Waals surface area contributed by atoms with Crippen LogP contribution in [0.15, 0.2) is 83.5 Å². The van der Waals surface area contributed by atoms with Gasteiger partial charge in [0.05, 0.1) is 5.69 Å². The maximum Gasteiger partial charge on any atom is 0.283 e. The fraction of sp³-hybridized carbons (Fsp3) is 0.233. The molecule has 0 aliphatic carbocycles. The Morgan fingerprint density at radius 1 is 0.919 bits per heavy atom. The molecule has 3 amide bonds. The Morgan fingerprint density at radius 3 is 2.27 bits per heavy atom. The molecule has 7 heteroatoms. The molecule has 37 heavy (non-hydrogen) atoms. The molecule has 1 aliphatic heterocycles. The smallest absolute Gasteiger partial charge is 0.283 e. The van der Waals surface area contributed by atoms with Crippen LogP contribution in [0.5, 0.6) is 0 Å². The van der Waals surface area contributed by atoms with Gasteiger partial charge in [-0.05, 0) is 72.4 Å². The van der Waals surface area contributed by atoms with Crippen molar-refractivity contribution in [1.29, 1.82) is 0 Å². The lowest BCUT2D eigenvalue weighted by atomic mass is 10.0. The van der Waals surface area contributed by atoms with Crippen molar-refractivity contribution in [2.24, 2.45) is 0 Å². The third-order valence-electron chi connectivity index (χ3n) is 6.27. The molecule has 0 radical (unpaired) electrons. The summed E-state index contributed by atoms with van der Waals surface area (Å²) in [7, 11) is 0. The van der Waals surface area contributed by atoms with E-state index in [1.807, 2.05) is 36.4 Å². The van der Waals surface area contributed by atoms with Crippen molar-refractivity contribution in [1.82, 2.24) is 0 Å². The third kappa shape index (κ3) is 5.92. The van der Waals surface area contributed by atoms with E-state index in [1.165, 1.54) is 5.56 Å². The van der Waals surface area contributed by atoms with Crippen molar-refractivity contribution in [2.75, 3.05) is 15.5 Å². The van der Waals surface area contributed by atoms with Gasteiger partial charge in [-0.1, -0.05) is 69.1 Å². The van der Waals surface area contributed by atoms with Gasteiger partial charge in [-0.3, -0.25) is 14.4 Å². The van der Waals surface area contributed by atoms with E-state index in [0.29, 0.717) is 28.5 Å². The van der Waals surface area contributed by atoms with Gasteiger partial charge in [-0.25, -0.2) is 4.90 Å². The molecule has 0 unspecified atom stereocenters. The molecule has 190 valence electrons. The highest BCUT2D eigenvalue weighted by atomic mass is 35.5. The van der Waals surface area contributed by atoms with Gasteiger partial charge in [0.1, 0.15) is 10.7 Å². The Balaban J connectivity index is 1.46. The summed E-state index contributed by atoms with van der Waals surface area (Å²) in [6.45, 7) is 6.30. The molecule has 0 saturated heterocycles. The van der Waals surface area contributed by atoms with Crippen LogP contribution in [-0.4, -0.2) is 17.7 Å². The lowest BCUT2D eigenvalue weighted by Crippen LogP contribution is -2.32. The number of unbranched alkanes of at least 4 members (excludes halogenated alkanes) is 1. The number of nitrogens with zero attached hydrogens (tertiary/aromatic N) is 1. The normalized spacial score (nSPS) is 13.5. The van der Waals surface area contributed by atoms with Gasteiger partial charge in [-0.15, -0.1) is 0 Å². The van der Waals surface area contributed by atoms with Crippen LogP contribution in [0.25, 0.3) is 0 Å². The van der Waals surface area contributed by atoms with E-state index in [1.54, 1.807) is 36.4 Å². The molecule has 6 nitrogen and oxygen atoms in total. The first kappa shape index (κ1) is 26.2. The number of halogens is 1. The van der Waals surface area contributed by atoms with Crippen molar-refractivity contribution in [3.63, 3.8) is 0 Å². The number of imide groups is 1. The van der Waals surface area contributed by atoms with Gasteiger partial charge >= 0.3 is 0 Å². The summed E-state index contributed by atoms with van der Waals surface area (Å²) >= 11 is 6.28. The summed E-state index contributed by atoms with van der Waals surface area (Å²) < 4.78 is 0. The van der Waals surface area contributed by atoms with Gasteiger partial charge in [-0.2, -0.15) is 0 Å². The van der Waals surface area contributed by atoms with Crippen molar-refractivity contribution < 1.29 is 14.4 Å². The Hall–Kier alpha value is -3.90. The Bertz CT molecular complexity index is 1350. The van der Waals surface area contributed by atoms with Crippen LogP contribution in [0, 0.1) is 0 Å². The highest BCUT2D eigenvalue weighted by molar-refractivity contribution is 6.53. The minimum atomic E-state index is -0.595.